The van der Waals surface area contributed by atoms with Crippen molar-refractivity contribution in [2.45, 2.75) is 58.9 Å². The van der Waals surface area contributed by atoms with Gasteiger partial charge in [-0.3, -0.25) is 4.79 Å². The van der Waals surface area contributed by atoms with Gasteiger partial charge in [-0.15, -0.1) is 0 Å². The normalized spacial score (nSPS) is 24.2. The Bertz CT molecular complexity index is 300. The van der Waals surface area contributed by atoms with E-state index in [9.17, 15) is 4.79 Å². The van der Waals surface area contributed by atoms with Gasteiger partial charge < -0.3 is 16.4 Å². The van der Waals surface area contributed by atoms with Gasteiger partial charge in [0.2, 0.25) is 5.91 Å². The van der Waals surface area contributed by atoms with E-state index in [1.807, 2.05) is 0 Å². The van der Waals surface area contributed by atoms with Crippen molar-refractivity contribution in [2.24, 2.45) is 23.5 Å². The highest BCUT2D eigenvalue weighted by Crippen LogP contribution is 2.23. The molecule has 1 amide bonds. The zero-order chi connectivity index (χ0) is 15.2. The van der Waals surface area contributed by atoms with Gasteiger partial charge in [-0.1, -0.05) is 20.8 Å². The number of hydrogen-bond acceptors (Lipinski definition) is 3. The Hall–Kier alpha value is -0.610. The predicted octanol–water partition coefficient (Wildman–Crippen LogP) is 1.89. The minimum Gasteiger partial charge on any atom is -0.350 e. The SMILES string of the molecule is CC(C)CC(C)(CN)NC(=O)CC(C)C1CCCNC1. The van der Waals surface area contributed by atoms with Crippen LogP contribution in [0.25, 0.3) is 0 Å². The number of amides is 1. The molecule has 0 radical (unpaired) electrons. The van der Waals surface area contributed by atoms with Crippen molar-refractivity contribution in [2.75, 3.05) is 19.6 Å². The lowest BCUT2D eigenvalue weighted by atomic mass is 9.84. The highest BCUT2D eigenvalue weighted by Gasteiger charge is 2.28. The van der Waals surface area contributed by atoms with E-state index in [0.717, 1.165) is 19.5 Å². The van der Waals surface area contributed by atoms with Crippen LogP contribution < -0.4 is 16.4 Å². The van der Waals surface area contributed by atoms with Crippen molar-refractivity contribution in [3.8, 4) is 0 Å². The summed E-state index contributed by atoms with van der Waals surface area (Å²) in [5, 5.41) is 6.58. The molecule has 1 rings (SSSR count). The first-order valence-electron chi connectivity index (χ1n) is 8.08. The second-order valence-corrected chi connectivity index (χ2v) is 7.20. The molecule has 0 aliphatic carbocycles. The van der Waals surface area contributed by atoms with Crippen LogP contribution in [0.2, 0.25) is 0 Å². The van der Waals surface area contributed by atoms with Gasteiger partial charge in [-0.25, -0.2) is 0 Å². The zero-order valence-electron chi connectivity index (χ0n) is 13.7. The molecule has 1 fully saturated rings. The average molecular weight is 283 g/mol. The van der Waals surface area contributed by atoms with Crippen LogP contribution in [0.1, 0.15) is 53.4 Å². The number of nitrogens with two attached hydrogens (primary N) is 1. The summed E-state index contributed by atoms with van der Waals surface area (Å²) < 4.78 is 0. The Balaban J connectivity index is 2.44. The van der Waals surface area contributed by atoms with Gasteiger partial charge in [-0.05, 0) is 57.0 Å². The molecule has 0 spiro atoms. The molecule has 4 heteroatoms. The van der Waals surface area contributed by atoms with Crippen LogP contribution in [0.3, 0.4) is 0 Å². The molecular weight excluding hydrogens is 250 g/mol. The molecule has 0 aromatic rings. The van der Waals surface area contributed by atoms with E-state index in [4.69, 9.17) is 5.73 Å². The first kappa shape index (κ1) is 17.4. The summed E-state index contributed by atoms with van der Waals surface area (Å²) in [5.74, 6) is 1.74. The van der Waals surface area contributed by atoms with E-state index in [0.29, 0.717) is 30.7 Å². The first-order valence-corrected chi connectivity index (χ1v) is 8.08. The second kappa shape index (κ2) is 7.99. The van der Waals surface area contributed by atoms with Crippen molar-refractivity contribution in [3.63, 3.8) is 0 Å². The lowest BCUT2D eigenvalue weighted by Gasteiger charge is -2.33. The third-order valence-corrected chi connectivity index (χ3v) is 4.40. The fourth-order valence-electron chi connectivity index (χ4n) is 3.30. The molecule has 4 nitrogen and oxygen atoms in total. The molecule has 1 saturated heterocycles. The minimum absolute atomic E-state index is 0.150. The van der Waals surface area contributed by atoms with Crippen molar-refractivity contribution >= 4 is 5.91 Å². The van der Waals surface area contributed by atoms with Crippen LogP contribution in [-0.4, -0.2) is 31.1 Å². The van der Waals surface area contributed by atoms with Gasteiger partial charge in [-0.2, -0.15) is 0 Å². The van der Waals surface area contributed by atoms with Gasteiger partial charge >= 0.3 is 0 Å². The Morgan fingerprint density at radius 3 is 2.65 bits per heavy atom. The van der Waals surface area contributed by atoms with Gasteiger partial charge in [0.15, 0.2) is 0 Å². The van der Waals surface area contributed by atoms with Crippen LogP contribution in [0, 0.1) is 17.8 Å². The summed E-state index contributed by atoms with van der Waals surface area (Å²) in [6.07, 6.45) is 4.00. The molecule has 0 bridgehead atoms. The summed E-state index contributed by atoms with van der Waals surface area (Å²) in [7, 11) is 0. The van der Waals surface area contributed by atoms with Crippen molar-refractivity contribution in [1.82, 2.24) is 10.6 Å². The summed E-state index contributed by atoms with van der Waals surface area (Å²) in [5.41, 5.74) is 5.58. The lowest BCUT2D eigenvalue weighted by Crippen LogP contribution is -2.52. The van der Waals surface area contributed by atoms with Crippen LogP contribution in [0.15, 0.2) is 0 Å². The molecule has 1 aliphatic rings. The van der Waals surface area contributed by atoms with E-state index in [1.54, 1.807) is 0 Å². The molecule has 1 heterocycles. The van der Waals surface area contributed by atoms with Crippen molar-refractivity contribution < 1.29 is 4.79 Å². The Morgan fingerprint density at radius 1 is 1.45 bits per heavy atom. The molecule has 1 aliphatic heterocycles. The summed E-state index contributed by atoms with van der Waals surface area (Å²) in [6.45, 7) is 11.2. The Kier molecular flexibility index (Phi) is 6.96. The number of carbonyl (C=O) groups is 1. The van der Waals surface area contributed by atoms with E-state index in [-0.39, 0.29) is 11.4 Å². The van der Waals surface area contributed by atoms with E-state index >= 15 is 0 Å². The molecule has 4 N–H and O–H groups in total. The van der Waals surface area contributed by atoms with Gasteiger partial charge in [0, 0.05) is 18.5 Å². The summed E-state index contributed by atoms with van der Waals surface area (Å²) >= 11 is 0. The molecule has 0 saturated carbocycles. The molecule has 3 unspecified atom stereocenters. The third-order valence-electron chi connectivity index (χ3n) is 4.40. The van der Waals surface area contributed by atoms with E-state index < -0.39 is 0 Å². The van der Waals surface area contributed by atoms with Crippen molar-refractivity contribution in [3.05, 3.63) is 0 Å². The smallest absolute Gasteiger partial charge is 0.220 e. The Labute approximate surface area is 124 Å². The molecule has 0 aromatic heterocycles. The molecular formula is C16H33N3O. The monoisotopic (exact) mass is 283 g/mol. The maximum absolute atomic E-state index is 12.3. The quantitative estimate of drug-likeness (QED) is 0.668. The van der Waals surface area contributed by atoms with E-state index in [1.165, 1.54) is 12.8 Å². The van der Waals surface area contributed by atoms with Crippen LogP contribution in [0.5, 0.6) is 0 Å². The first-order chi connectivity index (χ1) is 9.36. The van der Waals surface area contributed by atoms with E-state index in [2.05, 4.69) is 38.3 Å². The third kappa shape index (κ3) is 5.80. The van der Waals surface area contributed by atoms with Crippen LogP contribution in [-0.2, 0) is 4.79 Å². The van der Waals surface area contributed by atoms with Gasteiger partial charge in [0.25, 0.3) is 0 Å². The largest absolute Gasteiger partial charge is 0.350 e. The molecule has 118 valence electrons. The van der Waals surface area contributed by atoms with Gasteiger partial charge in [0.05, 0.1) is 0 Å². The molecule has 20 heavy (non-hydrogen) atoms. The Morgan fingerprint density at radius 2 is 2.15 bits per heavy atom. The lowest BCUT2D eigenvalue weighted by molar-refractivity contribution is -0.124. The fraction of sp³-hybridized carbons (Fsp3) is 0.938. The topological polar surface area (TPSA) is 67.1 Å². The van der Waals surface area contributed by atoms with Crippen LogP contribution in [0.4, 0.5) is 0 Å². The number of carbonyl (C=O) groups excluding carboxylic acids is 1. The van der Waals surface area contributed by atoms with Crippen LogP contribution >= 0.6 is 0 Å². The maximum atomic E-state index is 12.3. The standard InChI is InChI=1S/C16H33N3O/c1-12(2)9-16(4,11-17)19-15(20)8-13(3)14-6-5-7-18-10-14/h12-14,18H,5-11,17H2,1-4H3,(H,19,20). The van der Waals surface area contributed by atoms with Crippen molar-refractivity contribution in [1.29, 1.82) is 0 Å². The second-order valence-electron chi connectivity index (χ2n) is 7.20. The number of rotatable bonds is 7. The average Bonchev–Trinajstić information content (AvgIpc) is 2.38. The predicted molar refractivity (Wildman–Crippen MR) is 84.4 cm³/mol. The molecule has 0 aromatic carbocycles. The summed E-state index contributed by atoms with van der Waals surface area (Å²) in [4.78, 5) is 12.3. The number of nitrogens with one attached hydrogen (secondary N) is 2. The highest BCUT2D eigenvalue weighted by molar-refractivity contribution is 5.77. The highest BCUT2D eigenvalue weighted by atomic mass is 16.1. The summed E-state index contributed by atoms with van der Waals surface area (Å²) in [6, 6.07) is 0. The fourth-order valence-corrected chi connectivity index (χ4v) is 3.30. The minimum atomic E-state index is -0.268. The zero-order valence-corrected chi connectivity index (χ0v) is 13.7. The number of hydrogen-bond donors (Lipinski definition) is 3. The number of piperidine rings is 1. The van der Waals surface area contributed by atoms with Gasteiger partial charge in [0.1, 0.15) is 0 Å². The molecule has 3 atom stereocenters. The maximum Gasteiger partial charge on any atom is 0.220 e.